The maximum absolute atomic E-state index is 5.29. The maximum Gasteiger partial charge on any atom is 0.217 e. The summed E-state index contributed by atoms with van der Waals surface area (Å²) in [5.41, 5.74) is 2.53. The van der Waals surface area contributed by atoms with Crippen LogP contribution in [0.5, 0.6) is 5.88 Å². The second-order valence-electron chi connectivity index (χ2n) is 5.91. The standard InChI is InChI=1S/C17H27N3O/c1-14(2)6-10-20-11-7-16(8-12-20)19-13-15-5-4-9-18-17(15)21-3/h4-6,9,16,19H,7-8,10-13H2,1-3H3. The normalized spacial score (nSPS) is 16.7. The topological polar surface area (TPSA) is 37.4 Å². The summed E-state index contributed by atoms with van der Waals surface area (Å²) in [5.74, 6) is 0.728. The van der Waals surface area contributed by atoms with Gasteiger partial charge in [-0.25, -0.2) is 4.98 Å². The van der Waals surface area contributed by atoms with E-state index in [1.54, 1.807) is 13.3 Å². The van der Waals surface area contributed by atoms with Crippen molar-refractivity contribution in [3.63, 3.8) is 0 Å². The summed E-state index contributed by atoms with van der Waals surface area (Å²) in [5, 5.41) is 3.64. The summed E-state index contributed by atoms with van der Waals surface area (Å²) < 4.78 is 5.29. The van der Waals surface area contributed by atoms with Gasteiger partial charge in [0.25, 0.3) is 0 Å². The molecule has 1 fully saturated rings. The molecule has 1 aromatic heterocycles. The van der Waals surface area contributed by atoms with Crippen LogP contribution in [0.4, 0.5) is 0 Å². The number of methoxy groups -OCH3 is 1. The third-order valence-electron chi connectivity index (χ3n) is 3.97. The van der Waals surface area contributed by atoms with Crippen LogP contribution in [0.25, 0.3) is 0 Å². The van der Waals surface area contributed by atoms with Crippen molar-refractivity contribution in [3.8, 4) is 5.88 Å². The van der Waals surface area contributed by atoms with Gasteiger partial charge in [0.05, 0.1) is 7.11 Å². The van der Waals surface area contributed by atoms with Gasteiger partial charge in [-0.1, -0.05) is 17.7 Å². The molecular formula is C17H27N3O. The first-order valence-corrected chi connectivity index (χ1v) is 7.76. The fraction of sp³-hybridized carbons (Fsp3) is 0.588. The first kappa shape index (κ1) is 16.0. The predicted molar refractivity (Wildman–Crippen MR) is 86.5 cm³/mol. The number of hydrogen-bond acceptors (Lipinski definition) is 4. The van der Waals surface area contributed by atoms with E-state index in [1.807, 2.05) is 6.07 Å². The van der Waals surface area contributed by atoms with E-state index in [1.165, 1.54) is 31.5 Å². The molecule has 116 valence electrons. The summed E-state index contributed by atoms with van der Waals surface area (Å²) in [6.45, 7) is 8.59. The average Bonchev–Trinajstić information content (AvgIpc) is 2.52. The van der Waals surface area contributed by atoms with Crippen molar-refractivity contribution in [3.05, 3.63) is 35.5 Å². The molecule has 21 heavy (non-hydrogen) atoms. The summed E-state index contributed by atoms with van der Waals surface area (Å²) in [7, 11) is 1.67. The van der Waals surface area contributed by atoms with Gasteiger partial charge in [-0.3, -0.25) is 4.90 Å². The molecular weight excluding hydrogens is 262 g/mol. The molecule has 0 bridgehead atoms. The van der Waals surface area contributed by atoms with Gasteiger partial charge in [0.15, 0.2) is 0 Å². The number of allylic oxidation sites excluding steroid dienone is 1. The summed E-state index contributed by atoms with van der Waals surface area (Å²) in [6, 6.07) is 4.63. The van der Waals surface area contributed by atoms with Gasteiger partial charge in [0.2, 0.25) is 5.88 Å². The number of pyridine rings is 1. The van der Waals surface area contributed by atoms with E-state index >= 15 is 0 Å². The number of nitrogens with zero attached hydrogens (tertiary/aromatic N) is 2. The Labute approximate surface area is 128 Å². The Balaban J connectivity index is 1.75. The predicted octanol–water partition coefficient (Wildman–Crippen LogP) is 2.61. The molecule has 0 saturated carbocycles. The number of rotatable bonds is 6. The minimum Gasteiger partial charge on any atom is -0.481 e. The van der Waals surface area contributed by atoms with Gasteiger partial charge in [0.1, 0.15) is 0 Å². The van der Waals surface area contributed by atoms with E-state index in [2.05, 4.69) is 41.2 Å². The smallest absolute Gasteiger partial charge is 0.217 e. The third kappa shape index (κ3) is 5.14. The molecule has 0 radical (unpaired) electrons. The second kappa shape index (κ2) is 8.15. The molecule has 0 unspecified atom stereocenters. The lowest BCUT2D eigenvalue weighted by Gasteiger charge is -2.32. The Morgan fingerprint density at radius 1 is 1.43 bits per heavy atom. The van der Waals surface area contributed by atoms with Crippen molar-refractivity contribution in [2.24, 2.45) is 0 Å². The van der Waals surface area contributed by atoms with Crippen LogP contribution in [0.3, 0.4) is 0 Å². The van der Waals surface area contributed by atoms with E-state index in [-0.39, 0.29) is 0 Å². The number of piperidine rings is 1. The third-order valence-corrected chi connectivity index (χ3v) is 3.97. The monoisotopic (exact) mass is 289 g/mol. The Hall–Kier alpha value is -1.39. The minimum absolute atomic E-state index is 0.595. The fourth-order valence-electron chi connectivity index (χ4n) is 2.63. The van der Waals surface area contributed by atoms with Crippen molar-refractivity contribution < 1.29 is 4.74 Å². The van der Waals surface area contributed by atoms with Crippen LogP contribution in [-0.2, 0) is 6.54 Å². The van der Waals surface area contributed by atoms with Crippen molar-refractivity contribution >= 4 is 0 Å². The highest BCUT2D eigenvalue weighted by molar-refractivity contribution is 5.25. The Morgan fingerprint density at radius 2 is 2.19 bits per heavy atom. The molecule has 1 aromatic rings. The van der Waals surface area contributed by atoms with Gasteiger partial charge < -0.3 is 10.1 Å². The molecule has 0 amide bonds. The van der Waals surface area contributed by atoms with Gasteiger partial charge in [-0.05, 0) is 45.8 Å². The number of nitrogens with one attached hydrogen (secondary N) is 1. The Kier molecular flexibility index (Phi) is 6.21. The van der Waals surface area contributed by atoms with Crippen LogP contribution in [0.1, 0.15) is 32.3 Å². The van der Waals surface area contributed by atoms with Crippen molar-refractivity contribution in [1.82, 2.24) is 15.2 Å². The highest BCUT2D eigenvalue weighted by atomic mass is 16.5. The van der Waals surface area contributed by atoms with Gasteiger partial charge >= 0.3 is 0 Å². The SMILES string of the molecule is COc1ncccc1CNC1CCN(CC=C(C)C)CC1. The molecule has 4 nitrogen and oxygen atoms in total. The van der Waals surface area contributed by atoms with Crippen LogP contribution in [0, 0.1) is 0 Å². The fourth-order valence-corrected chi connectivity index (χ4v) is 2.63. The molecule has 0 aliphatic carbocycles. The summed E-state index contributed by atoms with van der Waals surface area (Å²) in [6.07, 6.45) is 6.50. The molecule has 4 heteroatoms. The number of ether oxygens (including phenoxy) is 1. The molecule has 1 saturated heterocycles. The van der Waals surface area contributed by atoms with E-state index in [9.17, 15) is 0 Å². The lowest BCUT2D eigenvalue weighted by atomic mass is 10.0. The highest BCUT2D eigenvalue weighted by Gasteiger charge is 2.18. The zero-order valence-electron chi connectivity index (χ0n) is 13.4. The number of hydrogen-bond donors (Lipinski definition) is 1. The van der Waals surface area contributed by atoms with Crippen molar-refractivity contribution in [2.75, 3.05) is 26.7 Å². The van der Waals surface area contributed by atoms with E-state index in [4.69, 9.17) is 4.74 Å². The summed E-state index contributed by atoms with van der Waals surface area (Å²) in [4.78, 5) is 6.76. The van der Waals surface area contributed by atoms with E-state index in [0.29, 0.717) is 6.04 Å². The molecule has 2 heterocycles. The Bertz CT molecular complexity index is 461. The zero-order valence-corrected chi connectivity index (χ0v) is 13.4. The molecule has 2 rings (SSSR count). The lowest BCUT2D eigenvalue weighted by molar-refractivity contribution is 0.214. The van der Waals surface area contributed by atoms with Gasteiger partial charge in [-0.15, -0.1) is 0 Å². The highest BCUT2D eigenvalue weighted by Crippen LogP contribution is 2.15. The maximum atomic E-state index is 5.29. The Morgan fingerprint density at radius 3 is 2.86 bits per heavy atom. The molecule has 1 aliphatic heterocycles. The molecule has 1 N–H and O–H groups in total. The lowest BCUT2D eigenvalue weighted by Crippen LogP contribution is -2.42. The largest absolute Gasteiger partial charge is 0.481 e. The van der Waals surface area contributed by atoms with Crippen LogP contribution in [0.15, 0.2) is 30.0 Å². The van der Waals surface area contributed by atoms with Crippen LogP contribution in [-0.4, -0.2) is 42.7 Å². The van der Waals surface area contributed by atoms with Gasteiger partial charge in [0, 0.05) is 30.9 Å². The number of aromatic nitrogens is 1. The van der Waals surface area contributed by atoms with Crippen LogP contribution >= 0.6 is 0 Å². The number of likely N-dealkylation sites (tertiary alicyclic amines) is 1. The molecule has 0 spiro atoms. The first-order chi connectivity index (χ1) is 10.2. The summed E-state index contributed by atoms with van der Waals surface area (Å²) >= 11 is 0. The second-order valence-corrected chi connectivity index (χ2v) is 5.91. The van der Waals surface area contributed by atoms with Crippen molar-refractivity contribution in [1.29, 1.82) is 0 Å². The van der Waals surface area contributed by atoms with Crippen LogP contribution in [0.2, 0.25) is 0 Å². The first-order valence-electron chi connectivity index (χ1n) is 7.76. The van der Waals surface area contributed by atoms with Crippen molar-refractivity contribution in [2.45, 2.75) is 39.3 Å². The quantitative estimate of drug-likeness (QED) is 0.817. The van der Waals surface area contributed by atoms with E-state index < -0.39 is 0 Å². The molecule has 0 aromatic carbocycles. The minimum atomic E-state index is 0.595. The molecule has 1 aliphatic rings. The van der Waals surface area contributed by atoms with E-state index in [0.717, 1.165) is 24.5 Å². The zero-order chi connectivity index (χ0) is 15.1. The molecule has 0 atom stereocenters. The average molecular weight is 289 g/mol. The van der Waals surface area contributed by atoms with Crippen LogP contribution < -0.4 is 10.1 Å². The van der Waals surface area contributed by atoms with Gasteiger partial charge in [-0.2, -0.15) is 0 Å².